The molecule has 0 atom stereocenters. The molecule has 1 amide bonds. The van der Waals surface area contributed by atoms with E-state index in [0.717, 1.165) is 16.8 Å². The third-order valence-electron chi connectivity index (χ3n) is 4.13. The highest BCUT2D eigenvalue weighted by atomic mass is 35.5. The fraction of sp³-hybridized carbons (Fsp3) is 0.190. The highest BCUT2D eigenvalue weighted by Crippen LogP contribution is 2.11. The van der Waals surface area contributed by atoms with Crippen LogP contribution in [0.4, 0.5) is 5.69 Å². The lowest BCUT2D eigenvalue weighted by Gasteiger charge is -2.13. The van der Waals surface area contributed by atoms with Crippen LogP contribution in [0.3, 0.4) is 0 Å². The summed E-state index contributed by atoms with van der Waals surface area (Å²) in [5.41, 5.74) is 2.88. The third-order valence-corrected chi connectivity index (χ3v) is 4.38. The van der Waals surface area contributed by atoms with Crippen molar-refractivity contribution < 1.29 is 4.79 Å². The Labute approximate surface area is 174 Å². The minimum atomic E-state index is -0.126. The smallest absolute Gasteiger partial charge is 0.246 e. The van der Waals surface area contributed by atoms with Crippen molar-refractivity contribution in [2.75, 3.05) is 12.4 Å². The molecule has 0 aliphatic rings. The number of hydrogen-bond acceptors (Lipinski definition) is 3. The molecule has 3 N–H and O–H groups in total. The number of halogens is 1. The van der Waals surface area contributed by atoms with Gasteiger partial charge in [-0.05, 0) is 41.5 Å². The molecular formula is C21H23ClN6O. The molecule has 3 aromatic rings. The molecule has 1 aromatic heterocycles. The van der Waals surface area contributed by atoms with E-state index in [9.17, 15) is 4.79 Å². The van der Waals surface area contributed by atoms with Crippen LogP contribution >= 0.6 is 11.6 Å². The number of nitrogens with zero attached hydrogens (tertiary/aromatic N) is 3. The minimum Gasteiger partial charge on any atom is -0.352 e. The molecule has 7 nitrogen and oxygen atoms in total. The second-order valence-electron chi connectivity index (χ2n) is 6.36. The van der Waals surface area contributed by atoms with E-state index in [1.807, 2.05) is 48.5 Å². The Morgan fingerprint density at radius 3 is 2.52 bits per heavy atom. The van der Waals surface area contributed by atoms with Crippen molar-refractivity contribution >= 4 is 29.2 Å². The summed E-state index contributed by atoms with van der Waals surface area (Å²) in [5, 5.41) is 14.2. The Hall–Kier alpha value is -3.32. The zero-order valence-electron chi connectivity index (χ0n) is 16.1. The zero-order chi connectivity index (χ0) is 20.5. The van der Waals surface area contributed by atoms with Crippen LogP contribution in [0.2, 0.25) is 5.02 Å². The lowest BCUT2D eigenvalue weighted by molar-refractivity contribution is -0.116. The molecule has 0 aliphatic carbocycles. The average Bonchev–Trinajstić information content (AvgIpc) is 3.22. The lowest BCUT2D eigenvalue weighted by Crippen LogP contribution is -2.36. The molecule has 0 spiro atoms. The van der Waals surface area contributed by atoms with Gasteiger partial charge in [0.2, 0.25) is 5.91 Å². The molecule has 0 saturated carbocycles. The monoisotopic (exact) mass is 410 g/mol. The number of hydrogen-bond donors (Lipinski definition) is 3. The first-order valence-corrected chi connectivity index (χ1v) is 9.55. The first-order valence-electron chi connectivity index (χ1n) is 9.17. The first-order chi connectivity index (χ1) is 14.1. The number of amides is 1. The third kappa shape index (κ3) is 6.65. The van der Waals surface area contributed by atoms with Crippen LogP contribution in [0, 0.1) is 0 Å². The lowest BCUT2D eigenvalue weighted by atomic mass is 10.2. The number of aliphatic imine (C=N–C) groups is 1. The molecular weight excluding hydrogens is 388 g/mol. The van der Waals surface area contributed by atoms with E-state index in [4.69, 9.17) is 11.6 Å². The molecule has 0 saturated heterocycles. The van der Waals surface area contributed by atoms with Gasteiger partial charge in [0.05, 0.1) is 0 Å². The van der Waals surface area contributed by atoms with E-state index in [1.54, 1.807) is 30.2 Å². The van der Waals surface area contributed by atoms with Crippen molar-refractivity contribution in [3.63, 3.8) is 0 Å². The Balaban J connectivity index is 1.49. The van der Waals surface area contributed by atoms with E-state index in [0.29, 0.717) is 24.1 Å². The van der Waals surface area contributed by atoms with E-state index in [-0.39, 0.29) is 12.5 Å². The van der Waals surface area contributed by atoms with Gasteiger partial charge in [-0.2, -0.15) is 5.10 Å². The van der Waals surface area contributed by atoms with Crippen LogP contribution < -0.4 is 16.0 Å². The van der Waals surface area contributed by atoms with Crippen LogP contribution in [0.1, 0.15) is 11.1 Å². The summed E-state index contributed by atoms with van der Waals surface area (Å²) in [4.78, 5) is 16.4. The zero-order valence-corrected chi connectivity index (χ0v) is 16.9. The molecule has 1 heterocycles. The van der Waals surface area contributed by atoms with E-state index in [2.05, 4.69) is 26.0 Å². The Morgan fingerprint density at radius 2 is 1.83 bits per heavy atom. The maximum Gasteiger partial charge on any atom is 0.246 e. The highest BCUT2D eigenvalue weighted by Gasteiger charge is 2.05. The van der Waals surface area contributed by atoms with Gasteiger partial charge in [-0.1, -0.05) is 35.9 Å². The SMILES string of the molecule is CN=C(NCc1ccc(Cl)cc1)NCc1cccc(NC(=O)Cn2cccn2)c1. The fourth-order valence-electron chi connectivity index (χ4n) is 2.70. The normalized spacial score (nSPS) is 11.2. The quantitative estimate of drug-likeness (QED) is 0.413. The van der Waals surface area contributed by atoms with Crippen molar-refractivity contribution in [2.24, 2.45) is 4.99 Å². The van der Waals surface area contributed by atoms with Gasteiger partial charge in [0, 0.05) is 43.2 Å². The molecule has 150 valence electrons. The molecule has 0 fully saturated rings. The van der Waals surface area contributed by atoms with Crippen LogP contribution in [-0.2, 0) is 24.4 Å². The van der Waals surface area contributed by atoms with Gasteiger partial charge in [0.25, 0.3) is 0 Å². The molecule has 8 heteroatoms. The second-order valence-corrected chi connectivity index (χ2v) is 6.79. The summed E-state index contributed by atoms with van der Waals surface area (Å²) in [7, 11) is 1.73. The topological polar surface area (TPSA) is 83.3 Å². The number of carbonyl (C=O) groups is 1. The number of anilines is 1. The molecule has 29 heavy (non-hydrogen) atoms. The highest BCUT2D eigenvalue weighted by molar-refractivity contribution is 6.30. The van der Waals surface area contributed by atoms with Gasteiger partial charge >= 0.3 is 0 Å². The molecule has 0 aliphatic heterocycles. The predicted octanol–water partition coefficient (Wildman–Crippen LogP) is 3.04. The van der Waals surface area contributed by atoms with E-state index < -0.39 is 0 Å². The number of rotatable bonds is 7. The number of carbonyl (C=O) groups excluding carboxylic acids is 1. The molecule has 0 radical (unpaired) electrons. The molecule has 0 unspecified atom stereocenters. The van der Waals surface area contributed by atoms with Gasteiger partial charge in [-0.3, -0.25) is 14.5 Å². The van der Waals surface area contributed by atoms with Gasteiger partial charge in [0.15, 0.2) is 5.96 Å². The van der Waals surface area contributed by atoms with Crippen molar-refractivity contribution in [1.82, 2.24) is 20.4 Å². The van der Waals surface area contributed by atoms with Crippen LogP contribution in [-0.4, -0.2) is 28.7 Å². The van der Waals surface area contributed by atoms with Gasteiger partial charge in [-0.15, -0.1) is 0 Å². The molecule has 0 bridgehead atoms. The average molecular weight is 411 g/mol. The summed E-state index contributed by atoms with van der Waals surface area (Å²) in [6.45, 7) is 1.39. The minimum absolute atomic E-state index is 0.126. The van der Waals surface area contributed by atoms with E-state index in [1.165, 1.54) is 0 Å². The van der Waals surface area contributed by atoms with Gasteiger partial charge in [-0.25, -0.2) is 0 Å². The number of aromatic nitrogens is 2. The number of guanidine groups is 1. The predicted molar refractivity (Wildman–Crippen MR) is 116 cm³/mol. The van der Waals surface area contributed by atoms with Crippen molar-refractivity contribution in [1.29, 1.82) is 0 Å². The summed E-state index contributed by atoms with van der Waals surface area (Å²) >= 11 is 5.91. The Bertz CT molecular complexity index is 954. The van der Waals surface area contributed by atoms with Crippen LogP contribution in [0.25, 0.3) is 0 Å². The van der Waals surface area contributed by atoms with Gasteiger partial charge in [0.1, 0.15) is 6.54 Å². The fourth-order valence-corrected chi connectivity index (χ4v) is 2.82. The maximum absolute atomic E-state index is 12.1. The summed E-state index contributed by atoms with van der Waals surface area (Å²) in [5.74, 6) is 0.562. The van der Waals surface area contributed by atoms with Crippen molar-refractivity contribution in [3.05, 3.63) is 83.1 Å². The second kappa shape index (κ2) is 10.3. The number of nitrogens with one attached hydrogen (secondary N) is 3. The van der Waals surface area contributed by atoms with Crippen LogP contribution in [0.15, 0.2) is 72.0 Å². The molecule has 3 rings (SSSR count). The number of benzene rings is 2. The summed E-state index contributed by atoms with van der Waals surface area (Å²) < 4.78 is 1.58. The first kappa shape index (κ1) is 20.4. The van der Waals surface area contributed by atoms with Gasteiger partial charge < -0.3 is 16.0 Å². The largest absolute Gasteiger partial charge is 0.352 e. The van der Waals surface area contributed by atoms with Crippen LogP contribution in [0.5, 0.6) is 0 Å². The van der Waals surface area contributed by atoms with E-state index >= 15 is 0 Å². The molecule has 2 aromatic carbocycles. The summed E-state index contributed by atoms with van der Waals surface area (Å²) in [6.07, 6.45) is 3.40. The van der Waals surface area contributed by atoms with Crippen molar-refractivity contribution in [2.45, 2.75) is 19.6 Å². The standard InChI is InChI=1S/C21H23ClN6O/c1-23-21(24-13-16-6-8-18(22)9-7-16)25-14-17-4-2-5-19(12-17)27-20(29)15-28-11-3-10-26-28/h2-12H,13-15H2,1H3,(H,27,29)(H2,23,24,25). The maximum atomic E-state index is 12.1. The Morgan fingerprint density at radius 1 is 1.07 bits per heavy atom. The Kier molecular flexibility index (Phi) is 7.24. The van der Waals surface area contributed by atoms with Crippen molar-refractivity contribution in [3.8, 4) is 0 Å². The summed E-state index contributed by atoms with van der Waals surface area (Å²) in [6, 6.07) is 17.1.